The van der Waals surface area contributed by atoms with Crippen molar-refractivity contribution in [3.63, 3.8) is 0 Å². The van der Waals surface area contributed by atoms with Crippen LogP contribution in [0.15, 0.2) is 48.5 Å². The molecule has 0 saturated carbocycles. The molecule has 0 unspecified atom stereocenters. The summed E-state index contributed by atoms with van der Waals surface area (Å²) in [6.45, 7) is 3.97. The highest BCUT2D eigenvalue weighted by atomic mass is 32.1. The van der Waals surface area contributed by atoms with Crippen LogP contribution in [-0.2, 0) is 6.18 Å². The Labute approximate surface area is 155 Å². The Morgan fingerprint density at radius 1 is 1.15 bits per heavy atom. The molecule has 0 radical (unpaired) electrons. The van der Waals surface area contributed by atoms with Gasteiger partial charge in [0.15, 0.2) is 5.11 Å². The van der Waals surface area contributed by atoms with Crippen molar-refractivity contribution in [3.05, 3.63) is 59.7 Å². The van der Waals surface area contributed by atoms with E-state index in [0.717, 1.165) is 23.4 Å². The van der Waals surface area contributed by atoms with E-state index in [4.69, 9.17) is 17.0 Å². The van der Waals surface area contributed by atoms with Crippen molar-refractivity contribution in [2.45, 2.75) is 38.1 Å². The molecule has 1 aliphatic heterocycles. The molecule has 3 rings (SSSR count). The van der Waals surface area contributed by atoms with Gasteiger partial charge in [-0.2, -0.15) is 13.2 Å². The molecular formula is C19H19F3N2OS. The number of halogens is 3. The Morgan fingerprint density at radius 3 is 2.62 bits per heavy atom. The number of rotatable bonds is 2. The number of hydrogen-bond acceptors (Lipinski definition) is 2. The lowest BCUT2D eigenvalue weighted by atomic mass is 9.90. The summed E-state index contributed by atoms with van der Waals surface area (Å²) in [4.78, 5) is 0. The van der Waals surface area contributed by atoms with Gasteiger partial charge >= 0.3 is 6.18 Å². The monoisotopic (exact) mass is 380 g/mol. The first-order valence-electron chi connectivity index (χ1n) is 8.17. The number of hydrogen-bond donors (Lipinski definition) is 2. The molecule has 0 spiro atoms. The highest BCUT2D eigenvalue weighted by Gasteiger charge is 2.34. The van der Waals surface area contributed by atoms with Gasteiger partial charge < -0.3 is 15.4 Å². The molecule has 1 atom stereocenters. The van der Waals surface area contributed by atoms with Crippen LogP contribution in [0.1, 0.15) is 37.4 Å². The summed E-state index contributed by atoms with van der Waals surface area (Å²) in [5.41, 5.74) is 0.164. The summed E-state index contributed by atoms with van der Waals surface area (Å²) in [5, 5.41) is 6.30. The van der Waals surface area contributed by atoms with Crippen molar-refractivity contribution in [1.82, 2.24) is 5.32 Å². The van der Waals surface area contributed by atoms with E-state index in [0.29, 0.717) is 6.42 Å². The maximum absolute atomic E-state index is 12.8. The van der Waals surface area contributed by atoms with Gasteiger partial charge in [0.1, 0.15) is 11.4 Å². The van der Waals surface area contributed by atoms with Crippen molar-refractivity contribution in [1.29, 1.82) is 0 Å². The second kappa shape index (κ2) is 6.79. The van der Waals surface area contributed by atoms with Crippen molar-refractivity contribution in [2.24, 2.45) is 0 Å². The molecule has 1 aliphatic rings. The van der Waals surface area contributed by atoms with Crippen LogP contribution in [0.3, 0.4) is 0 Å². The topological polar surface area (TPSA) is 33.3 Å². The third kappa shape index (κ3) is 4.27. The first kappa shape index (κ1) is 18.5. The summed E-state index contributed by atoms with van der Waals surface area (Å²) in [5.74, 6) is 0.781. The normalized spacial score (nSPS) is 18.4. The van der Waals surface area contributed by atoms with Gasteiger partial charge in [-0.25, -0.2) is 0 Å². The third-order valence-electron chi connectivity index (χ3n) is 4.13. The molecule has 0 aromatic heterocycles. The summed E-state index contributed by atoms with van der Waals surface area (Å²) in [7, 11) is 0. The third-order valence-corrected chi connectivity index (χ3v) is 4.35. The maximum Gasteiger partial charge on any atom is 0.416 e. The zero-order valence-electron chi connectivity index (χ0n) is 14.4. The van der Waals surface area contributed by atoms with Crippen LogP contribution in [0.2, 0.25) is 0 Å². The maximum atomic E-state index is 12.8. The van der Waals surface area contributed by atoms with Gasteiger partial charge in [0.2, 0.25) is 0 Å². The van der Waals surface area contributed by atoms with E-state index in [-0.39, 0.29) is 22.4 Å². The van der Waals surface area contributed by atoms with Gasteiger partial charge in [-0.1, -0.05) is 24.3 Å². The number of benzene rings is 2. The molecule has 2 aromatic carbocycles. The van der Waals surface area contributed by atoms with Gasteiger partial charge in [0.25, 0.3) is 0 Å². The van der Waals surface area contributed by atoms with Gasteiger partial charge in [-0.05, 0) is 50.3 Å². The predicted octanol–water partition coefficient (Wildman–Crippen LogP) is 5.29. The number of para-hydroxylation sites is 1. The molecule has 3 nitrogen and oxygen atoms in total. The van der Waals surface area contributed by atoms with Crippen LogP contribution in [0.4, 0.5) is 18.9 Å². The molecule has 1 heterocycles. The number of thiocarbonyl (C=S) groups is 1. The van der Waals surface area contributed by atoms with Crippen LogP contribution < -0.4 is 15.4 Å². The molecule has 0 saturated heterocycles. The van der Waals surface area contributed by atoms with Gasteiger partial charge in [-0.15, -0.1) is 0 Å². The van der Waals surface area contributed by atoms with Crippen molar-refractivity contribution >= 4 is 23.0 Å². The van der Waals surface area contributed by atoms with E-state index in [2.05, 4.69) is 10.6 Å². The lowest BCUT2D eigenvalue weighted by Crippen LogP contribution is -2.42. The SMILES string of the molecule is CC1(C)C[C@@H](NC(=S)Nc2cccc(C(F)(F)F)c2)c2ccccc2O1. The molecule has 0 aliphatic carbocycles. The summed E-state index contributed by atoms with van der Waals surface area (Å²) in [6.07, 6.45) is -3.72. The number of alkyl halides is 3. The minimum atomic E-state index is -4.39. The average molecular weight is 380 g/mol. The first-order valence-corrected chi connectivity index (χ1v) is 8.58. The second-order valence-electron chi connectivity index (χ2n) is 6.83. The zero-order chi connectivity index (χ0) is 18.9. The van der Waals surface area contributed by atoms with Gasteiger partial charge in [-0.3, -0.25) is 0 Å². The van der Waals surface area contributed by atoms with Crippen LogP contribution in [0.25, 0.3) is 0 Å². The van der Waals surface area contributed by atoms with Gasteiger partial charge in [0.05, 0.1) is 11.6 Å². The largest absolute Gasteiger partial charge is 0.487 e. The molecule has 2 N–H and O–H groups in total. The fourth-order valence-electron chi connectivity index (χ4n) is 3.03. The fourth-order valence-corrected chi connectivity index (χ4v) is 3.29. The van der Waals surface area contributed by atoms with Crippen LogP contribution in [0.5, 0.6) is 5.75 Å². The molecule has 0 amide bonds. The smallest absolute Gasteiger partial charge is 0.416 e. The molecule has 0 fully saturated rings. The second-order valence-corrected chi connectivity index (χ2v) is 7.24. The molecular weight excluding hydrogens is 361 g/mol. The minimum absolute atomic E-state index is 0.0965. The Balaban J connectivity index is 1.75. The van der Waals surface area contributed by atoms with E-state index >= 15 is 0 Å². The molecule has 0 bridgehead atoms. The summed E-state index contributed by atoms with van der Waals surface area (Å²) < 4.78 is 44.5. The summed E-state index contributed by atoms with van der Waals surface area (Å²) in [6, 6.07) is 12.5. The van der Waals surface area contributed by atoms with Crippen LogP contribution >= 0.6 is 12.2 Å². The quantitative estimate of drug-likeness (QED) is 0.693. The van der Waals surface area contributed by atoms with Gasteiger partial charge in [0, 0.05) is 17.7 Å². The number of anilines is 1. The Morgan fingerprint density at radius 2 is 1.88 bits per heavy atom. The Hall–Kier alpha value is -2.28. The van der Waals surface area contributed by atoms with Crippen molar-refractivity contribution < 1.29 is 17.9 Å². The minimum Gasteiger partial charge on any atom is -0.487 e. The first-order chi connectivity index (χ1) is 12.1. The van der Waals surface area contributed by atoms with E-state index in [1.54, 1.807) is 6.07 Å². The number of ether oxygens (including phenoxy) is 1. The van der Waals surface area contributed by atoms with E-state index in [1.165, 1.54) is 6.07 Å². The molecule has 138 valence electrons. The van der Waals surface area contributed by atoms with Crippen molar-refractivity contribution in [2.75, 3.05) is 5.32 Å². The number of fused-ring (bicyclic) bond motifs is 1. The van der Waals surface area contributed by atoms with E-state index < -0.39 is 11.7 Å². The Kier molecular flexibility index (Phi) is 4.84. The molecule has 7 heteroatoms. The number of nitrogens with one attached hydrogen (secondary N) is 2. The van der Waals surface area contributed by atoms with Crippen molar-refractivity contribution in [3.8, 4) is 5.75 Å². The Bertz CT molecular complexity index is 820. The highest BCUT2D eigenvalue weighted by molar-refractivity contribution is 7.80. The average Bonchev–Trinajstić information content (AvgIpc) is 2.53. The van der Waals surface area contributed by atoms with Crippen LogP contribution in [0, 0.1) is 0 Å². The standard InChI is InChI=1S/C19H19F3N2OS/c1-18(2)11-15(14-8-3-4-9-16(14)25-18)24-17(26)23-13-7-5-6-12(10-13)19(20,21)22/h3-10,15H,11H2,1-2H3,(H2,23,24,26)/t15-/m1/s1. The van der Waals surface area contributed by atoms with E-state index in [1.807, 2.05) is 38.1 Å². The highest BCUT2D eigenvalue weighted by Crippen LogP contribution is 2.39. The van der Waals surface area contributed by atoms with Crippen LogP contribution in [-0.4, -0.2) is 10.7 Å². The fraction of sp³-hybridized carbons (Fsp3) is 0.316. The zero-order valence-corrected chi connectivity index (χ0v) is 15.2. The lowest BCUT2D eigenvalue weighted by molar-refractivity contribution is -0.137. The molecule has 2 aromatic rings. The predicted molar refractivity (Wildman–Crippen MR) is 99.3 cm³/mol. The van der Waals surface area contributed by atoms with E-state index in [9.17, 15) is 13.2 Å². The lowest BCUT2D eigenvalue weighted by Gasteiger charge is -2.38. The molecule has 26 heavy (non-hydrogen) atoms. The summed E-state index contributed by atoms with van der Waals surface area (Å²) >= 11 is 5.31.